The molecule has 0 atom stereocenters. The Morgan fingerprint density at radius 2 is 2.00 bits per heavy atom. The number of benzene rings is 1. The van der Waals surface area contributed by atoms with Crippen molar-refractivity contribution in [3.63, 3.8) is 0 Å². The molecule has 0 aliphatic rings. The maximum Gasteiger partial charge on any atom is 0.413 e. The van der Waals surface area contributed by atoms with Gasteiger partial charge in [0, 0.05) is 0 Å². The summed E-state index contributed by atoms with van der Waals surface area (Å²) in [6.45, 7) is 0.0583. The van der Waals surface area contributed by atoms with Crippen LogP contribution < -0.4 is 5.32 Å². The van der Waals surface area contributed by atoms with Gasteiger partial charge in [0.2, 0.25) is 0 Å². The lowest BCUT2D eigenvalue weighted by molar-refractivity contribution is 0.0691. The van der Waals surface area contributed by atoms with Gasteiger partial charge in [-0.15, -0.1) is 10.2 Å². The van der Waals surface area contributed by atoms with Gasteiger partial charge in [0.25, 0.3) is 0 Å². The lowest BCUT2D eigenvalue weighted by Gasteiger charge is -2.07. The fourth-order valence-electron chi connectivity index (χ4n) is 1.37. The zero-order chi connectivity index (χ0) is 14.4. The fourth-order valence-corrected chi connectivity index (χ4v) is 1.37. The van der Waals surface area contributed by atoms with Crippen molar-refractivity contribution in [1.82, 2.24) is 15.2 Å². The Morgan fingerprint density at radius 3 is 2.70 bits per heavy atom. The Labute approximate surface area is 113 Å². The summed E-state index contributed by atoms with van der Waals surface area (Å²) >= 11 is 0. The van der Waals surface area contributed by atoms with E-state index in [1.54, 1.807) is 12.1 Å². The average Bonchev–Trinajstić information content (AvgIpc) is 2.46. The highest BCUT2D eigenvalue weighted by molar-refractivity contribution is 5.95. The largest absolute Gasteiger partial charge is 0.476 e. The van der Waals surface area contributed by atoms with Gasteiger partial charge in [0.1, 0.15) is 12.9 Å². The van der Waals surface area contributed by atoms with Crippen LogP contribution in [0.5, 0.6) is 0 Å². The summed E-state index contributed by atoms with van der Waals surface area (Å²) in [5.74, 6) is -1.59. The van der Waals surface area contributed by atoms with E-state index < -0.39 is 17.8 Å². The van der Waals surface area contributed by atoms with E-state index in [-0.39, 0.29) is 12.4 Å². The molecule has 0 fully saturated rings. The Bertz CT molecular complexity index is 618. The summed E-state index contributed by atoms with van der Waals surface area (Å²) in [5, 5.41) is 17.9. The number of ether oxygens (including phenoxy) is 1. The minimum absolute atomic E-state index is 0.0583. The number of aromatic nitrogens is 3. The number of anilines is 1. The standard InChI is InChI=1S/C12H10N4O4/c17-11(18)9-10(16-14-7-13-9)15-12(19)20-6-8-4-2-1-3-5-8/h1-5,7H,6H2,(H,17,18)(H,15,16,19). The van der Waals surface area contributed by atoms with Crippen molar-refractivity contribution >= 4 is 17.9 Å². The summed E-state index contributed by atoms with van der Waals surface area (Å²) in [6.07, 6.45) is 0.142. The van der Waals surface area contributed by atoms with Gasteiger partial charge < -0.3 is 9.84 Å². The van der Waals surface area contributed by atoms with Gasteiger partial charge in [0.05, 0.1) is 0 Å². The minimum atomic E-state index is -1.32. The van der Waals surface area contributed by atoms with Gasteiger partial charge in [-0.05, 0) is 5.56 Å². The number of aromatic carboxylic acids is 1. The van der Waals surface area contributed by atoms with Crippen molar-refractivity contribution in [2.75, 3.05) is 5.32 Å². The molecule has 0 saturated heterocycles. The number of carbonyl (C=O) groups is 2. The monoisotopic (exact) mass is 274 g/mol. The number of rotatable bonds is 4. The summed E-state index contributed by atoms with van der Waals surface area (Å²) in [5.41, 5.74) is 0.398. The summed E-state index contributed by atoms with van der Waals surface area (Å²) < 4.78 is 4.93. The number of hydrogen-bond donors (Lipinski definition) is 2. The predicted molar refractivity (Wildman–Crippen MR) is 67.0 cm³/mol. The molecule has 8 heteroatoms. The predicted octanol–water partition coefficient (Wildman–Crippen LogP) is 1.32. The number of nitrogens with zero attached hydrogens (tertiary/aromatic N) is 3. The highest BCUT2D eigenvalue weighted by Gasteiger charge is 2.16. The number of carboxylic acids is 1. The zero-order valence-corrected chi connectivity index (χ0v) is 10.2. The molecule has 8 nitrogen and oxygen atoms in total. The van der Waals surface area contributed by atoms with Crippen LogP contribution in [-0.2, 0) is 11.3 Å². The number of carbonyl (C=O) groups excluding carboxylic acids is 1. The molecular formula is C12H10N4O4. The number of amides is 1. The maximum absolute atomic E-state index is 11.5. The van der Waals surface area contributed by atoms with Gasteiger partial charge in [0.15, 0.2) is 11.5 Å². The van der Waals surface area contributed by atoms with Crippen LogP contribution in [0.3, 0.4) is 0 Å². The molecule has 0 radical (unpaired) electrons. The van der Waals surface area contributed by atoms with Crippen molar-refractivity contribution in [3.8, 4) is 0 Å². The third-order valence-corrected chi connectivity index (χ3v) is 2.26. The molecule has 2 rings (SSSR count). The fraction of sp³-hybridized carbons (Fsp3) is 0.0833. The molecule has 102 valence electrons. The Balaban J connectivity index is 1.97. The SMILES string of the molecule is O=C(Nc1nncnc1C(=O)O)OCc1ccccc1. The molecule has 20 heavy (non-hydrogen) atoms. The second kappa shape index (κ2) is 6.23. The number of carboxylic acid groups (broad SMARTS) is 1. The first-order valence-corrected chi connectivity index (χ1v) is 5.55. The number of hydrogen-bond acceptors (Lipinski definition) is 6. The molecule has 1 heterocycles. The molecule has 0 unspecified atom stereocenters. The van der Waals surface area contributed by atoms with Crippen LogP contribution in [0.25, 0.3) is 0 Å². The zero-order valence-electron chi connectivity index (χ0n) is 10.2. The van der Waals surface area contributed by atoms with E-state index in [0.29, 0.717) is 0 Å². The van der Waals surface area contributed by atoms with E-state index in [1.807, 2.05) is 18.2 Å². The van der Waals surface area contributed by atoms with Crippen LogP contribution in [-0.4, -0.2) is 32.4 Å². The van der Waals surface area contributed by atoms with E-state index in [9.17, 15) is 9.59 Å². The molecule has 1 aromatic carbocycles. The van der Waals surface area contributed by atoms with Crippen molar-refractivity contribution in [2.24, 2.45) is 0 Å². The van der Waals surface area contributed by atoms with Crippen LogP contribution in [0, 0.1) is 0 Å². The molecule has 0 bridgehead atoms. The lowest BCUT2D eigenvalue weighted by atomic mass is 10.2. The molecular weight excluding hydrogens is 264 g/mol. The van der Waals surface area contributed by atoms with Gasteiger partial charge in [-0.25, -0.2) is 14.6 Å². The highest BCUT2D eigenvalue weighted by Crippen LogP contribution is 2.08. The minimum Gasteiger partial charge on any atom is -0.476 e. The van der Waals surface area contributed by atoms with E-state index in [1.165, 1.54) is 0 Å². The first-order valence-electron chi connectivity index (χ1n) is 5.55. The average molecular weight is 274 g/mol. The van der Waals surface area contributed by atoms with Crippen LogP contribution in [0.4, 0.5) is 10.6 Å². The van der Waals surface area contributed by atoms with Gasteiger partial charge in [-0.1, -0.05) is 30.3 Å². The molecule has 2 aromatic rings. The van der Waals surface area contributed by atoms with Crippen LogP contribution >= 0.6 is 0 Å². The third kappa shape index (κ3) is 3.48. The summed E-state index contributed by atoms with van der Waals surface area (Å²) in [7, 11) is 0. The van der Waals surface area contributed by atoms with Crippen molar-refractivity contribution < 1.29 is 19.4 Å². The Morgan fingerprint density at radius 1 is 1.25 bits per heavy atom. The second-order valence-corrected chi connectivity index (χ2v) is 3.65. The van der Waals surface area contributed by atoms with Crippen molar-refractivity contribution in [1.29, 1.82) is 0 Å². The van der Waals surface area contributed by atoms with Crippen LogP contribution in [0.15, 0.2) is 36.7 Å². The van der Waals surface area contributed by atoms with E-state index in [4.69, 9.17) is 9.84 Å². The van der Waals surface area contributed by atoms with Crippen LogP contribution in [0.1, 0.15) is 16.1 Å². The quantitative estimate of drug-likeness (QED) is 0.863. The first kappa shape index (κ1) is 13.4. The summed E-state index contributed by atoms with van der Waals surface area (Å²) in [6, 6.07) is 9.05. The molecule has 2 N–H and O–H groups in total. The lowest BCUT2D eigenvalue weighted by Crippen LogP contribution is -2.18. The van der Waals surface area contributed by atoms with Gasteiger partial charge in [-0.2, -0.15) is 0 Å². The van der Waals surface area contributed by atoms with Crippen molar-refractivity contribution in [2.45, 2.75) is 6.61 Å². The normalized spacial score (nSPS) is 9.80. The van der Waals surface area contributed by atoms with Gasteiger partial charge >= 0.3 is 12.1 Å². The Hall–Kier alpha value is -3.03. The molecule has 0 aliphatic carbocycles. The van der Waals surface area contributed by atoms with E-state index >= 15 is 0 Å². The maximum atomic E-state index is 11.5. The van der Waals surface area contributed by atoms with Gasteiger partial charge in [-0.3, -0.25) is 5.32 Å². The molecule has 0 spiro atoms. The van der Waals surface area contributed by atoms with Crippen LogP contribution in [0.2, 0.25) is 0 Å². The van der Waals surface area contributed by atoms with E-state index in [0.717, 1.165) is 11.9 Å². The van der Waals surface area contributed by atoms with E-state index in [2.05, 4.69) is 20.5 Å². The summed E-state index contributed by atoms with van der Waals surface area (Å²) in [4.78, 5) is 25.9. The molecule has 0 saturated carbocycles. The molecule has 1 aromatic heterocycles. The first-order chi connectivity index (χ1) is 9.66. The second-order valence-electron chi connectivity index (χ2n) is 3.65. The van der Waals surface area contributed by atoms with Crippen molar-refractivity contribution in [3.05, 3.63) is 47.9 Å². The third-order valence-electron chi connectivity index (χ3n) is 2.26. The molecule has 0 aliphatic heterocycles. The molecule has 1 amide bonds. The highest BCUT2D eigenvalue weighted by atomic mass is 16.5. The smallest absolute Gasteiger partial charge is 0.413 e. The Kier molecular flexibility index (Phi) is 4.17. The topological polar surface area (TPSA) is 114 Å². The number of nitrogens with one attached hydrogen (secondary N) is 1.